The summed E-state index contributed by atoms with van der Waals surface area (Å²) < 4.78 is 1.62. The number of hydrogen-bond acceptors (Lipinski definition) is 5. The van der Waals surface area contributed by atoms with Crippen LogP contribution in [0.2, 0.25) is 0 Å². The van der Waals surface area contributed by atoms with E-state index in [1.165, 1.54) is 16.6 Å². The first-order valence-electron chi connectivity index (χ1n) is 11.7. The first-order chi connectivity index (χ1) is 16.7. The molecule has 0 radical (unpaired) electrons. The molecule has 5 nitrogen and oxygen atoms in total. The topological polar surface area (TPSA) is 64.0 Å². The Labute approximate surface area is 209 Å². The number of aromatic nitrogens is 2. The van der Waals surface area contributed by atoms with Crippen LogP contribution in [0.4, 0.5) is 0 Å². The molecule has 0 spiro atoms. The maximum Gasteiger partial charge on any atom is 0.267 e. The van der Waals surface area contributed by atoms with Crippen LogP contribution in [-0.4, -0.2) is 21.2 Å². The standard InChI is InChI=1S/C25H25N3O2S2.C2H6/c1-2-3-14-20-15-21-23(32-20)27-25(28(24(21)30)19-12-8-5-9-13-19)31-17-22(29)26-16-18-10-6-4-7-11-18;1-2/h4-13,15H,2-3,14,16-17H2,1H3,(H,26,29);1-2H3. The van der Waals surface area contributed by atoms with Crippen LogP contribution in [0.1, 0.15) is 44.1 Å². The second-order valence-corrected chi connectivity index (χ2v) is 9.51. The number of rotatable bonds is 9. The van der Waals surface area contributed by atoms with E-state index in [4.69, 9.17) is 4.98 Å². The van der Waals surface area contributed by atoms with Gasteiger partial charge in [0, 0.05) is 11.4 Å². The molecule has 0 fully saturated rings. The fraction of sp³-hybridized carbons (Fsp3) is 0.296. The first kappa shape index (κ1) is 25.7. The van der Waals surface area contributed by atoms with E-state index in [1.54, 1.807) is 15.9 Å². The van der Waals surface area contributed by atoms with Crippen molar-refractivity contribution >= 4 is 39.2 Å². The highest BCUT2D eigenvalue weighted by Crippen LogP contribution is 2.27. The van der Waals surface area contributed by atoms with Gasteiger partial charge in [0.2, 0.25) is 5.91 Å². The minimum absolute atomic E-state index is 0.0904. The molecule has 0 saturated carbocycles. The maximum absolute atomic E-state index is 13.4. The lowest BCUT2D eigenvalue weighted by molar-refractivity contribution is -0.118. The Balaban J connectivity index is 0.00000158. The number of carbonyl (C=O) groups excluding carboxylic acids is 1. The third kappa shape index (κ3) is 6.58. The maximum atomic E-state index is 13.4. The number of amides is 1. The van der Waals surface area contributed by atoms with Gasteiger partial charge in [-0.2, -0.15) is 0 Å². The summed E-state index contributed by atoms with van der Waals surface area (Å²) in [5.74, 6) is 0.0914. The Hall–Kier alpha value is -2.90. The number of hydrogen-bond donors (Lipinski definition) is 1. The number of unbranched alkanes of at least 4 members (excludes halogenated alkanes) is 1. The van der Waals surface area contributed by atoms with E-state index < -0.39 is 0 Å². The van der Waals surface area contributed by atoms with Gasteiger partial charge in [0.25, 0.3) is 5.56 Å². The molecular weight excluding hydrogens is 462 g/mol. The fourth-order valence-corrected chi connectivity index (χ4v) is 5.32. The van der Waals surface area contributed by atoms with E-state index >= 15 is 0 Å². The molecule has 0 bridgehead atoms. The third-order valence-corrected chi connectivity index (χ3v) is 7.07. The lowest BCUT2D eigenvalue weighted by Crippen LogP contribution is -2.26. The van der Waals surface area contributed by atoms with Crippen LogP contribution in [0.5, 0.6) is 0 Å². The van der Waals surface area contributed by atoms with E-state index in [9.17, 15) is 9.59 Å². The Kier molecular flexibility index (Phi) is 9.91. The van der Waals surface area contributed by atoms with Gasteiger partial charge in [-0.3, -0.25) is 14.2 Å². The number of carbonyl (C=O) groups is 1. The zero-order valence-electron chi connectivity index (χ0n) is 19.9. The highest BCUT2D eigenvalue weighted by molar-refractivity contribution is 7.99. The summed E-state index contributed by atoms with van der Waals surface area (Å²) in [5, 5.41) is 4.11. The Morgan fingerprint density at radius 1 is 1.06 bits per heavy atom. The number of nitrogens with zero attached hydrogens (tertiary/aromatic N) is 2. The number of thiophene rings is 1. The monoisotopic (exact) mass is 493 g/mol. The quantitative estimate of drug-likeness (QED) is 0.222. The minimum Gasteiger partial charge on any atom is -0.351 e. The molecule has 4 rings (SSSR count). The van der Waals surface area contributed by atoms with Crippen molar-refractivity contribution in [2.24, 2.45) is 0 Å². The SMILES string of the molecule is CC.CCCCc1cc2c(=O)n(-c3ccccc3)c(SCC(=O)NCc3ccccc3)nc2s1. The number of nitrogens with one attached hydrogen (secondary N) is 1. The summed E-state index contributed by atoms with van der Waals surface area (Å²) in [6.07, 6.45) is 3.14. The average molecular weight is 494 g/mol. The zero-order chi connectivity index (χ0) is 24.3. The Morgan fingerprint density at radius 3 is 2.41 bits per heavy atom. The van der Waals surface area contributed by atoms with Gasteiger partial charge in [-0.15, -0.1) is 11.3 Å². The van der Waals surface area contributed by atoms with Crippen LogP contribution in [0.25, 0.3) is 15.9 Å². The van der Waals surface area contributed by atoms with Crippen molar-refractivity contribution in [3.63, 3.8) is 0 Å². The van der Waals surface area contributed by atoms with Crippen LogP contribution in [0, 0.1) is 0 Å². The number of para-hydroxylation sites is 1. The van der Waals surface area contributed by atoms with Crippen molar-refractivity contribution in [1.82, 2.24) is 14.9 Å². The number of benzene rings is 2. The Bertz CT molecular complexity index is 1250. The molecule has 178 valence electrons. The second kappa shape index (κ2) is 13.1. The largest absolute Gasteiger partial charge is 0.351 e. The lowest BCUT2D eigenvalue weighted by atomic mass is 10.2. The van der Waals surface area contributed by atoms with Gasteiger partial charge in [-0.25, -0.2) is 4.98 Å². The predicted molar refractivity (Wildman–Crippen MR) is 144 cm³/mol. The molecule has 0 aliphatic carbocycles. The van der Waals surface area contributed by atoms with Gasteiger partial charge >= 0.3 is 0 Å². The molecule has 2 aromatic heterocycles. The number of aryl methyl sites for hydroxylation is 1. The summed E-state index contributed by atoms with van der Waals surface area (Å²) in [4.78, 5) is 32.6. The van der Waals surface area contributed by atoms with Crippen molar-refractivity contribution in [1.29, 1.82) is 0 Å². The predicted octanol–water partition coefficient (Wildman–Crippen LogP) is 6.22. The minimum atomic E-state index is -0.0948. The van der Waals surface area contributed by atoms with Crippen LogP contribution in [-0.2, 0) is 17.8 Å². The molecule has 1 N–H and O–H groups in total. The molecule has 1 amide bonds. The molecule has 0 saturated heterocycles. The van der Waals surface area contributed by atoms with Gasteiger partial charge in [-0.05, 0) is 36.6 Å². The molecule has 0 unspecified atom stereocenters. The molecule has 0 atom stereocenters. The van der Waals surface area contributed by atoms with Crippen LogP contribution >= 0.6 is 23.1 Å². The van der Waals surface area contributed by atoms with E-state index in [1.807, 2.05) is 80.6 Å². The second-order valence-electron chi connectivity index (χ2n) is 7.46. The summed E-state index contributed by atoms with van der Waals surface area (Å²) in [5.41, 5.74) is 1.71. The van der Waals surface area contributed by atoms with Gasteiger partial charge in [0.15, 0.2) is 5.16 Å². The molecule has 2 aromatic carbocycles. The van der Waals surface area contributed by atoms with Crippen LogP contribution in [0.3, 0.4) is 0 Å². The summed E-state index contributed by atoms with van der Waals surface area (Å²) in [6.45, 7) is 6.63. The van der Waals surface area contributed by atoms with Crippen molar-refractivity contribution in [2.75, 3.05) is 5.75 Å². The molecule has 0 aliphatic heterocycles. The third-order valence-electron chi connectivity index (χ3n) is 5.04. The van der Waals surface area contributed by atoms with Crippen LogP contribution < -0.4 is 10.9 Å². The van der Waals surface area contributed by atoms with Crippen molar-refractivity contribution < 1.29 is 4.79 Å². The van der Waals surface area contributed by atoms with E-state index in [2.05, 4.69) is 12.2 Å². The average Bonchev–Trinajstić information content (AvgIpc) is 3.30. The first-order valence-corrected chi connectivity index (χ1v) is 13.5. The van der Waals surface area contributed by atoms with Crippen LogP contribution in [0.15, 0.2) is 76.7 Å². The zero-order valence-corrected chi connectivity index (χ0v) is 21.5. The van der Waals surface area contributed by atoms with E-state index in [-0.39, 0.29) is 17.2 Å². The van der Waals surface area contributed by atoms with Gasteiger partial charge < -0.3 is 5.32 Å². The van der Waals surface area contributed by atoms with Gasteiger partial charge in [0.05, 0.1) is 16.8 Å². The highest BCUT2D eigenvalue weighted by Gasteiger charge is 2.17. The van der Waals surface area contributed by atoms with Gasteiger partial charge in [-0.1, -0.05) is 87.5 Å². The van der Waals surface area contributed by atoms with Crippen molar-refractivity contribution in [3.05, 3.63) is 87.5 Å². The van der Waals surface area contributed by atoms with E-state index in [0.29, 0.717) is 17.1 Å². The van der Waals surface area contributed by atoms with Gasteiger partial charge in [0.1, 0.15) is 4.83 Å². The molecule has 4 aromatic rings. The lowest BCUT2D eigenvalue weighted by Gasteiger charge is -2.12. The molecule has 2 heterocycles. The number of thioether (sulfide) groups is 1. The summed E-state index contributed by atoms with van der Waals surface area (Å²) in [7, 11) is 0. The molecule has 7 heteroatoms. The van der Waals surface area contributed by atoms with E-state index in [0.717, 1.165) is 35.3 Å². The summed E-state index contributed by atoms with van der Waals surface area (Å²) in [6, 6.07) is 21.3. The molecular formula is C27H31N3O2S2. The number of fused-ring (bicyclic) bond motifs is 1. The highest BCUT2D eigenvalue weighted by atomic mass is 32.2. The molecule has 0 aliphatic rings. The fourth-order valence-electron chi connectivity index (χ4n) is 3.37. The smallest absolute Gasteiger partial charge is 0.267 e. The normalized spacial score (nSPS) is 10.6. The molecule has 34 heavy (non-hydrogen) atoms. The van der Waals surface area contributed by atoms with Crippen molar-refractivity contribution in [2.45, 2.75) is 51.7 Å². The Morgan fingerprint density at radius 2 is 1.74 bits per heavy atom. The summed E-state index contributed by atoms with van der Waals surface area (Å²) >= 11 is 2.86. The van der Waals surface area contributed by atoms with Crippen molar-refractivity contribution in [3.8, 4) is 5.69 Å².